The summed E-state index contributed by atoms with van der Waals surface area (Å²) in [6.45, 7) is 0.892. The molecular weight excluding hydrogens is 265 g/mol. The average Bonchev–Trinajstić information content (AvgIpc) is 2.92. The van der Waals surface area contributed by atoms with Crippen LogP contribution in [0.3, 0.4) is 0 Å². The van der Waals surface area contributed by atoms with Gasteiger partial charge in [0.25, 0.3) is 0 Å². The highest BCUT2D eigenvalue weighted by molar-refractivity contribution is 6.30. The third kappa shape index (κ3) is 3.91. The quantitative estimate of drug-likeness (QED) is 0.850. The monoisotopic (exact) mass is 285 g/mol. The normalized spacial score (nSPS) is 20.7. The topological polar surface area (TPSA) is 21.3 Å². The minimum absolute atomic E-state index is 0.0140. The molecule has 0 aromatic heterocycles. The fourth-order valence-corrected chi connectivity index (χ4v) is 2.85. The Hall–Kier alpha value is -0.640. The van der Waals surface area contributed by atoms with Crippen LogP contribution in [-0.2, 0) is 4.74 Å². The third-order valence-electron chi connectivity index (χ3n) is 3.75. The Morgan fingerprint density at radius 3 is 3.05 bits per heavy atom. The van der Waals surface area contributed by atoms with Crippen LogP contribution in [0, 0.1) is 5.82 Å². The van der Waals surface area contributed by atoms with Crippen molar-refractivity contribution in [2.75, 3.05) is 13.7 Å². The van der Waals surface area contributed by atoms with E-state index >= 15 is 0 Å². The molecule has 1 aromatic rings. The molecule has 2 nitrogen and oxygen atoms in total. The highest BCUT2D eigenvalue weighted by Crippen LogP contribution is 2.27. The van der Waals surface area contributed by atoms with Gasteiger partial charge in [-0.25, -0.2) is 4.39 Å². The Labute approximate surface area is 119 Å². The fourth-order valence-electron chi connectivity index (χ4n) is 2.67. The number of halogens is 2. The second kappa shape index (κ2) is 7.22. The van der Waals surface area contributed by atoms with E-state index in [1.807, 2.05) is 7.05 Å². The van der Waals surface area contributed by atoms with Gasteiger partial charge < -0.3 is 10.1 Å². The number of benzene rings is 1. The van der Waals surface area contributed by atoms with Gasteiger partial charge >= 0.3 is 0 Å². The van der Waals surface area contributed by atoms with Crippen LogP contribution in [0.15, 0.2) is 18.2 Å². The van der Waals surface area contributed by atoms with E-state index in [1.54, 1.807) is 18.2 Å². The maximum absolute atomic E-state index is 14.0. The Morgan fingerprint density at radius 1 is 1.53 bits per heavy atom. The summed E-state index contributed by atoms with van der Waals surface area (Å²) >= 11 is 5.83. The molecule has 1 saturated heterocycles. The van der Waals surface area contributed by atoms with E-state index in [9.17, 15) is 4.39 Å². The third-order valence-corrected chi connectivity index (χ3v) is 4.04. The van der Waals surface area contributed by atoms with Crippen LogP contribution >= 0.6 is 11.6 Å². The SMILES string of the molecule is CNC(CCCC1CCCO1)c1cccc(Cl)c1F. The van der Waals surface area contributed by atoms with Gasteiger partial charge in [0.05, 0.1) is 11.1 Å². The molecule has 0 spiro atoms. The molecule has 0 saturated carbocycles. The van der Waals surface area contributed by atoms with Crippen LogP contribution in [-0.4, -0.2) is 19.8 Å². The Kier molecular flexibility index (Phi) is 5.61. The number of nitrogens with one attached hydrogen (secondary N) is 1. The van der Waals surface area contributed by atoms with E-state index in [0.717, 1.165) is 32.3 Å². The molecule has 1 aliphatic rings. The van der Waals surface area contributed by atoms with Gasteiger partial charge in [0.1, 0.15) is 5.82 Å². The van der Waals surface area contributed by atoms with Crippen molar-refractivity contribution in [2.24, 2.45) is 0 Å². The lowest BCUT2D eigenvalue weighted by Gasteiger charge is -2.18. The summed E-state index contributed by atoms with van der Waals surface area (Å²) in [7, 11) is 1.86. The van der Waals surface area contributed by atoms with Crippen molar-refractivity contribution >= 4 is 11.6 Å². The zero-order valence-corrected chi connectivity index (χ0v) is 12.0. The molecule has 4 heteroatoms. The van der Waals surface area contributed by atoms with Crippen molar-refractivity contribution in [2.45, 2.75) is 44.2 Å². The number of hydrogen-bond acceptors (Lipinski definition) is 2. The molecule has 2 atom stereocenters. The maximum atomic E-state index is 14.0. The van der Waals surface area contributed by atoms with Gasteiger partial charge in [-0.15, -0.1) is 0 Å². The number of ether oxygens (including phenoxy) is 1. The van der Waals surface area contributed by atoms with Crippen LogP contribution in [0.1, 0.15) is 43.7 Å². The van der Waals surface area contributed by atoms with Crippen LogP contribution in [0.25, 0.3) is 0 Å². The zero-order valence-electron chi connectivity index (χ0n) is 11.3. The van der Waals surface area contributed by atoms with Gasteiger partial charge in [-0.3, -0.25) is 0 Å². The average molecular weight is 286 g/mol. The first-order valence-electron chi connectivity index (χ1n) is 6.95. The molecule has 1 heterocycles. The van der Waals surface area contributed by atoms with Crippen molar-refractivity contribution < 1.29 is 9.13 Å². The van der Waals surface area contributed by atoms with E-state index < -0.39 is 0 Å². The molecule has 19 heavy (non-hydrogen) atoms. The Bertz CT molecular complexity index is 407. The lowest BCUT2D eigenvalue weighted by molar-refractivity contribution is 0.101. The summed E-state index contributed by atoms with van der Waals surface area (Å²) in [6.07, 6.45) is 5.72. The van der Waals surface area contributed by atoms with Crippen LogP contribution in [0.4, 0.5) is 4.39 Å². The van der Waals surface area contributed by atoms with Crippen molar-refractivity contribution in [3.05, 3.63) is 34.6 Å². The minimum Gasteiger partial charge on any atom is -0.378 e. The summed E-state index contributed by atoms with van der Waals surface area (Å²) < 4.78 is 19.6. The van der Waals surface area contributed by atoms with Gasteiger partial charge in [0.2, 0.25) is 0 Å². The first kappa shape index (κ1) is 14.8. The molecule has 0 amide bonds. The van der Waals surface area contributed by atoms with Crippen molar-refractivity contribution in [3.8, 4) is 0 Å². The summed E-state index contributed by atoms with van der Waals surface area (Å²) in [5, 5.41) is 3.36. The van der Waals surface area contributed by atoms with Crippen LogP contribution in [0.2, 0.25) is 5.02 Å². The number of hydrogen-bond donors (Lipinski definition) is 1. The lowest BCUT2D eigenvalue weighted by atomic mass is 9.99. The van der Waals surface area contributed by atoms with Crippen molar-refractivity contribution in [1.29, 1.82) is 0 Å². The molecule has 1 N–H and O–H groups in total. The molecule has 106 valence electrons. The smallest absolute Gasteiger partial charge is 0.146 e. The standard InChI is InChI=1S/C15H21ClFNO/c1-18-14(9-2-5-11-6-4-10-19-11)12-7-3-8-13(16)15(12)17/h3,7-8,11,14,18H,2,4-6,9-10H2,1H3. The van der Waals surface area contributed by atoms with Crippen LogP contribution < -0.4 is 5.32 Å². The summed E-state index contributed by atoms with van der Waals surface area (Å²) in [5.41, 5.74) is 0.655. The molecule has 0 aliphatic carbocycles. The van der Waals surface area contributed by atoms with E-state index in [2.05, 4.69) is 5.32 Å². The second-order valence-electron chi connectivity index (χ2n) is 5.05. The summed E-state index contributed by atoms with van der Waals surface area (Å²) in [4.78, 5) is 0. The predicted molar refractivity (Wildman–Crippen MR) is 76.0 cm³/mol. The maximum Gasteiger partial charge on any atom is 0.146 e. The highest BCUT2D eigenvalue weighted by Gasteiger charge is 2.18. The van der Waals surface area contributed by atoms with Crippen molar-refractivity contribution in [3.63, 3.8) is 0 Å². The largest absolute Gasteiger partial charge is 0.378 e. The molecule has 2 unspecified atom stereocenters. The highest BCUT2D eigenvalue weighted by atomic mass is 35.5. The molecule has 2 rings (SSSR count). The Morgan fingerprint density at radius 2 is 2.37 bits per heavy atom. The first-order chi connectivity index (χ1) is 9.22. The van der Waals surface area contributed by atoms with Gasteiger partial charge in [-0.2, -0.15) is 0 Å². The van der Waals surface area contributed by atoms with Crippen molar-refractivity contribution in [1.82, 2.24) is 5.32 Å². The van der Waals surface area contributed by atoms with Gasteiger partial charge in [-0.1, -0.05) is 23.7 Å². The molecule has 0 bridgehead atoms. The van der Waals surface area contributed by atoms with Gasteiger partial charge in [0, 0.05) is 18.2 Å². The molecule has 0 radical (unpaired) electrons. The molecule has 1 aliphatic heterocycles. The summed E-state index contributed by atoms with van der Waals surface area (Å²) in [6, 6.07) is 5.19. The first-order valence-corrected chi connectivity index (χ1v) is 7.33. The summed E-state index contributed by atoms with van der Waals surface area (Å²) in [5.74, 6) is -0.305. The predicted octanol–water partition coefficient (Wildman–Crippen LogP) is 4.09. The fraction of sp³-hybridized carbons (Fsp3) is 0.600. The molecular formula is C15H21ClFNO. The van der Waals surface area contributed by atoms with E-state index in [1.165, 1.54) is 6.42 Å². The lowest BCUT2D eigenvalue weighted by Crippen LogP contribution is -2.18. The molecule has 1 aromatic carbocycles. The van der Waals surface area contributed by atoms with Gasteiger partial charge in [-0.05, 0) is 45.2 Å². The molecule has 1 fully saturated rings. The second-order valence-corrected chi connectivity index (χ2v) is 5.46. The van der Waals surface area contributed by atoms with Gasteiger partial charge in [0.15, 0.2) is 0 Å². The van der Waals surface area contributed by atoms with E-state index in [0.29, 0.717) is 11.7 Å². The Balaban J connectivity index is 1.90. The minimum atomic E-state index is -0.305. The zero-order chi connectivity index (χ0) is 13.7. The van der Waals surface area contributed by atoms with Crippen LogP contribution in [0.5, 0.6) is 0 Å². The van der Waals surface area contributed by atoms with E-state index in [4.69, 9.17) is 16.3 Å². The van der Waals surface area contributed by atoms with E-state index in [-0.39, 0.29) is 16.9 Å². The number of rotatable bonds is 6.